The number of aryl methyl sites for hydroxylation is 1. The number of carbonyl (C=O) groups excluding carboxylic acids is 2. The number of aromatic nitrogens is 3. The zero-order chi connectivity index (χ0) is 24.5. The van der Waals surface area contributed by atoms with Crippen LogP contribution in [0.5, 0.6) is 0 Å². The Morgan fingerprint density at radius 2 is 1.86 bits per heavy atom. The first kappa shape index (κ1) is 22.3. The molecule has 178 valence electrons. The molecule has 0 radical (unpaired) electrons. The van der Waals surface area contributed by atoms with E-state index < -0.39 is 18.2 Å². The number of rotatable bonds is 6. The normalized spacial score (nSPS) is 16.5. The average molecular weight is 477 g/mol. The van der Waals surface area contributed by atoms with Crippen molar-refractivity contribution in [1.82, 2.24) is 15.1 Å². The summed E-state index contributed by atoms with van der Waals surface area (Å²) in [6, 6.07) is 12.0. The largest absolute Gasteiger partial charge is 0.453 e. The quantitative estimate of drug-likeness (QED) is 0.398. The van der Waals surface area contributed by atoms with Crippen molar-refractivity contribution in [2.45, 2.75) is 25.4 Å². The van der Waals surface area contributed by atoms with Gasteiger partial charge in [-0.25, -0.2) is 14.2 Å². The number of nitrogens with one attached hydrogen (secondary N) is 2. The van der Waals surface area contributed by atoms with Crippen LogP contribution in [0.2, 0.25) is 0 Å². The molecule has 2 atom stereocenters. The van der Waals surface area contributed by atoms with Crippen molar-refractivity contribution in [2.75, 3.05) is 17.7 Å². The molecule has 1 aliphatic carbocycles. The third-order valence-corrected chi connectivity index (χ3v) is 5.51. The van der Waals surface area contributed by atoms with E-state index in [1.807, 2.05) is 13.0 Å². The topological polar surface area (TPSA) is 132 Å². The first-order valence-corrected chi connectivity index (χ1v) is 10.7. The van der Waals surface area contributed by atoms with E-state index in [9.17, 15) is 14.0 Å². The smallest absolute Gasteiger partial charge is 0.411 e. The predicted molar refractivity (Wildman–Crippen MR) is 123 cm³/mol. The number of alkyl halides is 1. The van der Waals surface area contributed by atoms with Crippen LogP contribution in [0.4, 0.5) is 20.6 Å². The Morgan fingerprint density at radius 1 is 1.11 bits per heavy atom. The number of hydrogen-bond donors (Lipinski definition) is 2. The number of methoxy groups -OCH3 is 1. The molecule has 0 unspecified atom stereocenters. The average Bonchev–Trinajstić information content (AvgIpc) is 3.24. The van der Waals surface area contributed by atoms with E-state index in [-0.39, 0.29) is 23.5 Å². The van der Waals surface area contributed by atoms with Crippen molar-refractivity contribution >= 4 is 23.4 Å². The van der Waals surface area contributed by atoms with Crippen molar-refractivity contribution in [2.24, 2.45) is 0 Å². The minimum absolute atomic E-state index is 0.0196. The van der Waals surface area contributed by atoms with Gasteiger partial charge in [0, 0.05) is 22.5 Å². The second kappa shape index (κ2) is 9.01. The maximum atomic E-state index is 13.3. The summed E-state index contributed by atoms with van der Waals surface area (Å²) in [5.74, 6) is 0.0486. The zero-order valence-corrected chi connectivity index (χ0v) is 18.7. The summed E-state index contributed by atoms with van der Waals surface area (Å²) in [7, 11) is 1.28. The summed E-state index contributed by atoms with van der Waals surface area (Å²) < 4.78 is 28.6. The third-order valence-electron chi connectivity index (χ3n) is 5.51. The Kier molecular flexibility index (Phi) is 5.73. The summed E-state index contributed by atoms with van der Waals surface area (Å²) in [5.41, 5.74) is 3.12. The number of ether oxygens (including phenoxy) is 1. The highest BCUT2D eigenvalue weighted by atomic mass is 19.1. The highest BCUT2D eigenvalue weighted by Crippen LogP contribution is 2.43. The van der Waals surface area contributed by atoms with E-state index in [1.54, 1.807) is 36.4 Å². The number of nitrogens with zero attached hydrogens (tertiary/aromatic N) is 3. The van der Waals surface area contributed by atoms with Crippen LogP contribution in [0.25, 0.3) is 22.8 Å². The lowest BCUT2D eigenvalue weighted by atomic mass is 10.1. The third kappa shape index (κ3) is 4.74. The van der Waals surface area contributed by atoms with Crippen molar-refractivity contribution in [3.05, 3.63) is 65.9 Å². The van der Waals surface area contributed by atoms with Gasteiger partial charge in [-0.05, 0) is 49.2 Å². The van der Waals surface area contributed by atoms with Crippen molar-refractivity contribution in [3.8, 4) is 22.8 Å². The van der Waals surface area contributed by atoms with Gasteiger partial charge in [-0.1, -0.05) is 17.3 Å². The number of halogens is 1. The van der Waals surface area contributed by atoms with Crippen LogP contribution in [-0.4, -0.2) is 40.4 Å². The molecule has 11 heteroatoms. The minimum atomic E-state index is -0.933. The molecule has 1 fully saturated rings. The second-order valence-corrected chi connectivity index (χ2v) is 8.02. The van der Waals surface area contributed by atoms with Crippen molar-refractivity contribution < 1.29 is 27.7 Å². The van der Waals surface area contributed by atoms with Crippen LogP contribution in [0, 0.1) is 6.92 Å². The molecule has 2 heterocycles. The molecular formula is C24H20FN5O5. The SMILES string of the molecule is COC(=O)Nc1ccc(-c2ncc(C(=O)Nc3cc(-c4noc([C@H]5C[C@@H]5F)n4)ccc3C)o2)cc1. The highest BCUT2D eigenvalue weighted by molar-refractivity contribution is 6.03. The summed E-state index contributed by atoms with van der Waals surface area (Å²) >= 11 is 0. The number of anilines is 2. The van der Waals surface area contributed by atoms with Gasteiger partial charge in [0.15, 0.2) is 0 Å². The summed E-state index contributed by atoms with van der Waals surface area (Å²) in [6.07, 6.45) is 0.212. The molecule has 35 heavy (non-hydrogen) atoms. The van der Waals surface area contributed by atoms with Gasteiger partial charge in [0.1, 0.15) is 6.17 Å². The standard InChI is InChI=1S/C24H20FN5O5/c1-12-3-4-14(20-29-23(35-30-20)16-10-17(16)25)9-18(12)28-21(31)19-11-26-22(34-19)13-5-7-15(8-6-13)27-24(32)33-2/h3-9,11,16-17H,10H2,1-2H3,(H,27,32)(H,28,31)/t16-,17-/m0/s1. The van der Waals surface area contributed by atoms with Crippen LogP contribution >= 0.6 is 0 Å². The maximum Gasteiger partial charge on any atom is 0.411 e. The summed E-state index contributed by atoms with van der Waals surface area (Å²) in [5, 5.41) is 9.28. The first-order valence-electron chi connectivity index (χ1n) is 10.7. The number of oxazole rings is 1. The van der Waals surface area contributed by atoms with Crippen molar-refractivity contribution in [3.63, 3.8) is 0 Å². The van der Waals surface area contributed by atoms with E-state index in [0.29, 0.717) is 34.7 Å². The van der Waals surface area contributed by atoms with E-state index >= 15 is 0 Å². The fourth-order valence-corrected chi connectivity index (χ4v) is 3.38. The molecule has 2 N–H and O–H groups in total. The molecule has 0 bridgehead atoms. The van der Waals surface area contributed by atoms with Gasteiger partial charge >= 0.3 is 6.09 Å². The minimum Gasteiger partial charge on any atom is -0.453 e. The lowest BCUT2D eigenvalue weighted by molar-refractivity contribution is 0.0997. The Morgan fingerprint density at radius 3 is 2.57 bits per heavy atom. The van der Waals surface area contributed by atoms with Crippen LogP contribution in [0.1, 0.15) is 34.3 Å². The second-order valence-electron chi connectivity index (χ2n) is 8.02. The monoisotopic (exact) mass is 477 g/mol. The maximum absolute atomic E-state index is 13.3. The molecule has 0 spiro atoms. The molecule has 1 saturated carbocycles. The Bertz CT molecular complexity index is 1400. The van der Waals surface area contributed by atoms with Crippen molar-refractivity contribution in [1.29, 1.82) is 0 Å². The number of carbonyl (C=O) groups is 2. The van der Waals surface area contributed by atoms with Gasteiger partial charge < -0.3 is 19.0 Å². The zero-order valence-electron chi connectivity index (χ0n) is 18.7. The van der Waals surface area contributed by atoms with E-state index in [4.69, 9.17) is 8.94 Å². The molecular weight excluding hydrogens is 457 g/mol. The molecule has 1 aliphatic rings. The van der Waals surface area contributed by atoms with E-state index in [1.165, 1.54) is 13.3 Å². The van der Waals surface area contributed by atoms with E-state index in [2.05, 4.69) is 30.5 Å². The fraction of sp³-hybridized carbons (Fsp3) is 0.208. The highest BCUT2D eigenvalue weighted by Gasteiger charge is 2.43. The molecule has 4 aromatic rings. The van der Waals surface area contributed by atoms with Gasteiger partial charge in [0.2, 0.25) is 23.4 Å². The summed E-state index contributed by atoms with van der Waals surface area (Å²) in [4.78, 5) is 32.6. The number of amides is 2. The van der Waals surface area contributed by atoms with Crippen LogP contribution in [0.15, 0.2) is 57.6 Å². The molecule has 5 rings (SSSR count). The molecule has 10 nitrogen and oxygen atoms in total. The fourth-order valence-electron chi connectivity index (χ4n) is 3.38. The predicted octanol–water partition coefficient (Wildman–Crippen LogP) is 4.96. The Balaban J connectivity index is 1.29. The number of benzene rings is 2. The van der Waals surface area contributed by atoms with Crippen LogP contribution in [0.3, 0.4) is 0 Å². The van der Waals surface area contributed by atoms with E-state index in [0.717, 1.165) is 5.56 Å². The Hall–Kier alpha value is -4.54. The number of hydrogen-bond acceptors (Lipinski definition) is 8. The lowest BCUT2D eigenvalue weighted by Gasteiger charge is -2.08. The first-order chi connectivity index (χ1) is 16.9. The molecule has 0 aliphatic heterocycles. The molecule has 2 aromatic carbocycles. The molecule has 2 amide bonds. The molecule has 0 saturated heterocycles. The lowest BCUT2D eigenvalue weighted by Crippen LogP contribution is -2.12. The van der Waals surface area contributed by atoms with Gasteiger partial charge in [-0.3, -0.25) is 10.1 Å². The van der Waals surface area contributed by atoms with Gasteiger partial charge in [-0.2, -0.15) is 4.98 Å². The summed E-state index contributed by atoms with van der Waals surface area (Å²) in [6.45, 7) is 1.84. The Labute approximate surface area is 198 Å². The van der Waals surface area contributed by atoms with Gasteiger partial charge in [0.25, 0.3) is 5.91 Å². The molecule has 2 aromatic heterocycles. The van der Waals surface area contributed by atoms with Gasteiger partial charge in [-0.15, -0.1) is 0 Å². The van der Waals surface area contributed by atoms with Crippen LogP contribution in [-0.2, 0) is 4.74 Å². The van der Waals surface area contributed by atoms with Crippen LogP contribution < -0.4 is 10.6 Å². The van der Waals surface area contributed by atoms with Gasteiger partial charge in [0.05, 0.1) is 19.2 Å².